The quantitative estimate of drug-likeness (QED) is 0.571. The lowest BCUT2D eigenvalue weighted by molar-refractivity contribution is -0.115. The smallest absolute Gasteiger partial charge is 0.228 e. The van der Waals surface area contributed by atoms with Crippen LogP contribution in [0.1, 0.15) is 67.5 Å². The van der Waals surface area contributed by atoms with Gasteiger partial charge in [0.15, 0.2) is 0 Å². The third kappa shape index (κ3) is 3.94. The summed E-state index contributed by atoms with van der Waals surface area (Å²) in [6, 6.07) is 14.4. The lowest BCUT2D eigenvalue weighted by Crippen LogP contribution is -2.19. The molecule has 0 spiro atoms. The number of para-hydroxylation sites is 2. The second-order valence-corrected chi connectivity index (χ2v) is 8.16. The average molecular weight is 375 g/mol. The van der Waals surface area contributed by atoms with Gasteiger partial charge in [-0.3, -0.25) is 9.78 Å². The van der Waals surface area contributed by atoms with Gasteiger partial charge in [0.25, 0.3) is 0 Å². The Kier molecular flexibility index (Phi) is 5.83. The van der Waals surface area contributed by atoms with E-state index in [4.69, 9.17) is 4.98 Å². The highest BCUT2D eigenvalue weighted by Crippen LogP contribution is 2.32. The number of aryl methyl sites for hydroxylation is 2. The van der Waals surface area contributed by atoms with Gasteiger partial charge in [-0.05, 0) is 54.0 Å². The fourth-order valence-corrected chi connectivity index (χ4v) is 3.87. The number of fused-ring (bicyclic) bond motifs is 1. The van der Waals surface area contributed by atoms with Gasteiger partial charge in [0.2, 0.25) is 5.91 Å². The molecule has 0 aliphatic heterocycles. The second-order valence-electron chi connectivity index (χ2n) is 8.16. The molecule has 0 bridgehead atoms. The Hall–Kier alpha value is -2.68. The van der Waals surface area contributed by atoms with E-state index >= 15 is 0 Å². The average Bonchev–Trinajstić information content (AvgIpc) is 2.65. The van der Waals surface area contributed by atoms with Gasteiger partial charge in [-0.25, -0.2) is 0 Å². The second kappa shape index (κ2) is 8.14. The van der Waals surface area contributed by atoms with Crippen LogP contribution in [0, 0.1) is 13.8 Å². The minimum atomic E-state index is 0.0123. The molecule has 0 atom stereocenters. The molecule has 3 nitrogen and oxygen atoms in total. The Labute approximate surface area is 168 Å². The van der Waals surface area contributed by atoms with Gasteiger partial charge < -0.3 is 5.32 Å². The molecule has 0 fully saturated rings. The molecule has 1 amide bonds. The molecule has 3 rings (SSSR count). The zero-order chi connectivity index (χ0) is 20.4. The highest BCUT2D eigenvalue weighted by atomic mass is 16.1. The first kappa shape index (κ1) is 20.1. The maximum absolute atomic E-state index is 13.0. The summed E-state index contributed by atoms with van der Waals surface area (Å²) in [5.41, 5.74) is 7.40. The van der Waals surface area contributed by atoms with Gasteiger partial charge in [0.05, 0.1) is 11.9 Å². The zero-order valence-corrected chi connectivity index (χ0v) is 17.8. The van der Waals surface area contributed by atoms with Crippen LogP contribution in [0.25, 0.3) is 10.9 Å². The topological polar surface area (TPSA) is 42.0 Å². The molecular formula is C25H30N2O. The molecule has 2 aromatic carbocycles. The molecule has 3 aromatic rings. The van der Waals surface area contributed by atoms with Crippen LogP contribution in [0.4, 0.5) is 5.69 Å². The molecule has 0 radical (unpaired) electrons. The van der Waals surface area contributed by atoms with Crippen molar-refractivity contribution in [2.24, 2.45) is 0 Å². The molecule has 146 valence electrons. The van der Waals surface area contributed by atoms with E-state index in [0.717, 1.165) is 33.4 Å². The van der Waals surface area contributed by atoms with Crippen LogP contribution in [-0.4, -0.2) is 10.9 Å². The first-order valence-electron chi connectivity index (χ1n) is 10.1. The highest BCUT2D eigenvalue weighted by Gasteiger charge is 2.18. The van der Waals surface area contributed by atoms with Gasteiger partial charge in [-0.2, -0.15) is 0 Å². The monoisotopic (exact) mass is 374 g/mol. The number of carbonyl (C=O) groups excluding carboxylic acids is 1. The standard InChI is InChI=1S/C25H30N2O/c1-15(2)19-11-9-12-20(16(3)4)25(19)27-24(28)14-22-17(5)21-10-7-8-13-23(21)26-18(22)6/h7-13,15-16H,14H2,1-6H3,(H,27,28). The molecule has 0 aliphatic rings. The van der Waals surface area contributed by atoms with Crippen LogP contribution in [0.5, 0.6) is 0 Å². The van der Waals surface area contributed by atoms with Crippen molar-refractivity contribution in [1.82, 2.24) is 4.98 Å². The van der Waals surface area contributed by atoms with Crippen LogP contribution in [0.3, 0.4) is 0 Å². The van der Waals surface area contributed by atoms with E-state index in [1.807, 2.05) is 25.1 Å². The normalized spacial score (nSPS) is 11.4. The van der Waals surface area contributed by atoms with E-state index in [0.29, 0.717) is 18.3 Å². The number of amides is 1. The predicted molar refractivity (Wildman–Crippen MR) is 118 cm³/mol. The fourth-order valence-electron chi connectivity index (χ4n) is 3.87. The molecule has 0 saturated heterocycles. The van der Waals surface area contributed by atoms with Crippen LogP contribution < -0.4 is 5.32 Å². The summed E-state index contributed by atoms with van der Waals surface area (Å²) < 4.78 is 0. The van der Waals surface area contributed by atoms with E-state index in [9.17, 15) is 4.79 Å². The molecule has 1 aromatic heterocycles. The zero-order valence-electron chi connectivity index (χ0n) is 17.8. The van der Waals surface area contributed by atoms with E-state index in [1.165, 1.54) is 11.1 Å². The van der Waals surface area contributed by atoms with Crippen LogP contribution in [0.2, 0.25) is 0 Å². The van der Waals surface area contributed by atoms with Crippen molar-refractivity contribution in [1.29, 1.82) is 0 Å². The summed E-state index contributed by atoms with van der Waals surface area (Å²) >= 11 is 0. The molecule has 3 heteroatoms. The summed E-state index contributed by atoms with van der Waals surface area (Å²) in [5, 5.41) is 4.34. The van der Waals surface area contributed by atoms with Crippen molar-refractivity contribution < 1.29 is 4.79 Å². The maximum Gasteiger partial charge on any atom is 0.228 e. The van der Waals surface area contributed by atoms with E-state index in [1.54, 1.807) is 0 Å². The first-order valence-corrected chi connectivity index (χ1v) is 10.1. The number of hydrogen-bond donors (Lipinski definition) is 1. The van der Waals surface area contributed by atoms with Crippen LogP contribution in [-0.2, 0) is 11.2 Å². The van der Waals surface area contributed by atoms with Crippen molar-refractivity contribution in [2.45, 2.75) is 59.8 Å². The third-order valence-corrected chi connectivity index (χ3v) is 5.46. The molecule has 0 aliphatic carbocycles. The third-order valence-electron chi connectivity index (χ3n) is 5.46. The van der Waals surface area contributed by atoms with Gasteiger partial charge >= 0.3 is 0 Å². The summed E-state index contributed by atoms with van der Waals surface area (Å²) in [6.07, 6.45) is 0.333. The van der Waals surface area contributed by atoms with Crippen molar-refractivity contribution in [3.05, 3.63) is 70.4 Å². The lowest BCUT2D eigenvalue weighted by atomic mass is 9.92. The lowest BCUT2D eigenvalue weighted by Gasteiger charge is -2.20. The number of anilines is 1. The number of aromatic nitrogens is 1. The summed E-state index contributed by atoms with van der Waals surface area (Å²) in [4.78, 5) is 17.7. The molecule has 1 N–H and O–H groups in total. The number of benzene rings is 2. The van der Waals surface area contributed by atoms with Crippen molar-refractivity contribution in [3.8, 4) is 0 Å². The molecular weight excluding hydrogens is 344 g/mol. The Morgan fingerprint density at radius 1 is 0.929 bits per heavy atom. The number of pyridine rings is 1. The van der Waals surface area contributed by atoms with Gasteiger partial charge in [0.1, 0.15) is 0 Å². The van der Waals surface area contributed by atoms with Crippen molar-refractivity contribution >= 4 is 22.5 Å². The summed E-state index contributed by atoms with van der Waals surface area (Å²) in [5.74, 6) is 0.706. The van der Waals surface area contributed by atoms with Crippen LogP contribution in [0.15, 0.2) is 42.5 Å². The molecule has 1 heterocycles. The predicted octanol–water partition coefficient (Wildman–Crippen LogP) is 6.28. The Morgan fingerprint density at radius 2 is 1.54 bits per heavy atom. The summed E-state index contributed by atoms with van der Waals surface area (Å²) in [7, 11) is 0. The number of carbonyl (C=O) groups is 1. The molecule has 28 heavy (non-hydrogen) atoms. The SMILES string of the molecule is Cc1nc2ccccc2c(C)c1CC(=O)Nc1c(C(C)C)cccc1C(C)C. The molecule has 0 unspecified atom stereocenters. The minimum absolute atomic E-state index is 0.0123. The van der Waals surface area contributed by atoms with Crippen molar-refractivity contribution in [3.63, 3.8) is 0 Å². The number of nitrogens with one attached hydrogen (secondary N) is 1. The van der Waals surface area contributed by atoms with Crippen LogP contribution >= 0.6 is 0 Å². The van der Waals surface area contributed by atoms with Crippen molar-refractivity contribution in [2.75, 3.05) is 5.32 Å². The van der Waals surface area contributed by atoms with E-state index in [2.05, 4.69) is 64.2 Å². The van der Waals surface area contributed by atoms with Gasteiger partial charge in [-0.1, -0.05) is 64.1 Å². The minimum Gasteiger partial charge on any atom is -0.325 e. The van der Waals surface area contributed by atoms with E-state index in [-0.39, 0.29) is 5.91 Å². The number of nitrogens with zero attached hydrogens (tertiary/aromatic N) is 1. The number of hydrogen-bond acceptors (Lipinski definition) is 2. The van der Waals surface area contributed by atoms with E-state index < -0.39 is 0 Å². The highest BCUT2D eigenvalue weighted by molar-refractivity contribution is 5.95. The fraction of sp³-hybridized carbons (Fsp3) is 0.360. The Morgan fingerprint density at radius 3 is 2.14 bits per heavy atom. The number of rotatable bonds is 5. The summed E-state index contributed by atoms with van der Waals surface area (Å²) in [6.45, 7) is 12.7. The maximum atomic E-state index is 13.0. The van der Waals surface area contributed by atoms with Gasteiger partial charge in [0, 0.05) is 16.8 Å². The Balaban J connectivity index is 1.95. The van der Waals surface area contributed by atoms with Gasteiger partial charge in [-0.15, -0.1) is 0 Å². The Bertz CT molecular complexity index is 992. The largest absolute Gasteiger partial charge is 0.325 e. The molecule has 0 saturated carbocycles. The first-order chi connectivity index (χ1) is 13.3.